The Bertz CT molecular complexity index is 1170. The number of furan rings is 1. The lowest BCUT2D eigenvalue weighted by molar-refractivity contribution is 0.0706. The molecule has 1 aliphatic heterocycles. The van der Waals surface area contributed by atoms with Crippen LogP contribution in [0.2, 0.25) is 0 Å². The van der Waals surface area contributed by atoms with Crippen LogP contribution in [0.4, 0.5) is 5.69 Å². The van der Waals surface area contributed by atoms with Crippen LogP contribution in [0.1, 0.15) is 45.6 Å². The van der Waals surface area contributed by atoms with E-state index in [9.17, 15) is 9.59 Å². The number of para-hydroxylation sites is 2. The van der Waals surface area contributed by atoms with Crippen LogP contribution in [0, 0.1) is 0 Å². The first-order valence-corrected chi connectivity index (χ1v) is 10.3. The molecule has 4 aromatic rings. The molecular weight excluding hydrogens is 394 g/mol. The Morgan fingerprint density at radius 3 is 2.45 bits per heavy atom. The smallest absolute Gasteiger partial charge is 0.291 e. The van der Waals surface area contributed by atoms with E-state index in [-0.39, 0.29) is 23.5 Å². The van der Waals surface area contributed by atoms with Crippen molar-refractivity contribution in [3.63, 3.8) is 0 Å². The van der Waals surface area contributed by atoms with Crippen LogP contribution in [0.3, 0.4) is 0 Å². The molecule has 5 rings (SSSR count). The minimum Gasteiger partial charge on any atom is -0.459 e. The van der Waals surface area contributed by atoms with Gasteiger partial charge in [0.1, 0.15) is 5.52 Å². The third-order valence-corrected chi connectivity index (χ3v) is 5.58. The predicted octanol–water partition coefficient (Wildman–Crippen LogP) is 4.69. The van der Waals surface area contributed by atoms with E-state index in [2.05, 4.69) is 10.3 Å². The molecule has 2 amide bonds. The van der Waals surface area contributed by atoms with Crippen LogP contribution in [0.15, 0.2) is 75.8 Å². The van der Waals surface area contributed by atoms with Crippen molar-refractivity contribution in [2.75, 3.05) is 18.4 Å². The monoisotopic (exact) mass is 415 g/mol. The third kappa shape index (κ3) is 3.94. The number of carbonyl (C=O) groups excluding carboxylic acids is 2. The molecule has 1 N–H and O–H groups in total. The van der Waals surface area contributed by atoms with Crippen LogP contribution in [-0.2, 0) is 0 Å². The van der Waals surface area contributed by atoms with Gasteiger partial charge in [0.2, 0.25) is 0 Å². The van der Waals surface area contributed by atoms with Crippen molar-refractivity contribution < 1.29 is 18.4 Å². The number of nitrogens with zero attached hydrogens (tertiary/aromatic N) is 2. The van der Waals surface area contributed by atoms with Gasteiger partial charge in [-0.3, -0.25) is 9.59 Å². The zero-order valence-electron chi connectivity index (χ0n) is 16.8. The van der Waals surface area contributed by atoms with Crippen molar-refractivity contribution in [3.8, 4) is 0 Å². The maximum absolute atomic E-state index is 12.9. The molecule has 7 heteroatoms. The molecule has 0 unspecified atom stereocenters. The van der Waals surface area contributed by atoms with Crippen molar-refractivity contribution in [3.05, 3.63) is 84.1 Å². The number of aromatic nitrogens is 1. The summed E-state index contributed by atoms with van der Waals surface area (Å²) in [5.41, 5.74) is 2.87. The summed E-state index contributed by atoms with van der Waals surface area (Å²) in [4.78, 5) is 31.4. The van der Waals surface area contributed by atoms with Crippen LogP contribution >= 0.6 is 0 Å². The number of piperidine rings is 1. The minimum atomic E-state index is -0.328. The molecule has 0 saturated carbocycles. The van der Waals surface area contributed by atoms with Gasteiger partial charge in [-0.25, -0.2) is 4.98 Å². The van der Waals surface area contributed by atoms with Crippen molar-refractivity contribution >= 4 is 28.6 Å². The van der Waals surface area contributed by atoms with Gasteiger partial charge in [0, 0.05) is 30.3 Å². The quantitative estimate of drug-likeness (QED) is 0.522. The highest BCUT2D eigenvalue weighted by molar-refractivity contribution is 6.02. The Kier molecular flexibility index (Phi) is 5.00. The zero-order chi connectivity index (χ0) is 21.2. The Morgan fingerprint density at radius 2 is 1.74 bits per heavy atom. The van der Waals surface area contributed by atoms with Gasteiger partial charge in [0.15, 0.2) is 17.2 Å². The highest BCUT2D eigenvalue weighted by Crippen LogP contribution is 2.30. The first kappa shape index (κ1) is 19.1. The second-order valence-corrected chi connectivity index (χ2v) is 7.60. The average Bonchev–Trinajstić information content (AvgIpc) is 3.49. The number of anilines is 1. The number of rotatable bonds is 4. The topological polar surface area (TPSA) is 88.6 Å². The van der Waals surface area contributed by atoms with E-state index in [1.165, 1.54) is 6.26 Å². The highest BCUT2D eigenvalue weighted by atomic mass is 16.3. The lowest BCUT2D eigenvalue weighted by Gasteiger charge is -2.30. The standard InChI is InChI=1S/C24H21N3O4/c28-22(21-6-3-15-30-21)25-18-9-7-17(8-10-18)24(29)27-13-11-16(12-14-27)23-26-19-4-1-2-5-20(19)31-23/h1-10,15-16H,11-14H2,(H,25,28). The van der Waals surface area contributed by atoms with E-state index in [4.69, 9.17) is 8.83 Å². The van der Waals surface area contributed by atoms with Crippen LogP contribution in [0.25, 0.3) is 11.1 Å². The average molecular weight is 415 g/mol. The molecule has 2 aromatic heterocycles. The molecule has 31 heavy (non-hydrogen) atoms. The number of hydrogen-bond donors (Lipinski definition) is 1. The van der Waals surface area contributed by atoms with E-state index < -0.39 is 0 Å². The Labute approximate surface area is 178 Å². The summed E-state index contributed by atoms with van der Waals surface area (Å²) >= 11 is 0. The summed E-state index contributed by atoms with van der Waals surface area (Å²) in [5, 5.41) is 2.75. The Balaban J connectivity index is 1.19. The van der Waals surface area contributed by atoms with Crippen molar-refractivity contribution in [2.24, 2.45) is 0 Å². The van der Waals surface area contributed by atoms with E-state index in [1.807, 2.05) is 29.2 Å². The maximum atomic E-state index is 12.9. The molecule has 0 radical (unpaired) electrons. The van der Waals surface area contributed by atoms with Gasteiger partial charge >= 0.3 is 0 Å². The fourth-order valence-corrected chi connectivity index (χ4v) is 3.87. The molecule has 1 fully saturated rings. The van der Waals surface area contributed by atoms with Gasteiger partial charge < -0.3 is 19.1 Å². The van der Waals surface area contributed by atoms with E-state index in [0.717, 1.165) is 29.8 Å². The molecule has 1 saturated heterocycles. The summed E-state index contributed by atoms with van der Waals surface area (Å²) < 4.78 is 11.0. The molecule has 0 atom stereocenters. The Hall–Kier alpha value is -3.87. The number of oxazole rings is 1. The molecule has 3 heterocycles. The second kappa shape index (κ2) is 8.10. The molecule has 2 aromatic carbocycles. The minimum absolute atomic E-state index is 0.0140. The summed E-state index contributed by atoms with van der Waals surface area (Å²) in [6.45, 7) is 1.30. The van der Waals surface area contributed by atoms with Gasteiger partial charge in [-0.2, -0.15) is 0 Å². The molecule has 1 aliphatic rings. The number of carbonyl (C=O) groups is 2. The van der Waals surface area contributed by atoms with Crippen LogP contribution in [0.5, 0.6) is 0 Å². The molecule has 156 valence electrons. The summed E-state index contributed by atoms with van der Waals surface area (Å²) in [6, 6.07) is 17.9. The van der Waals surface area contributed by atoms with Gasteiger partial charge in [-0.05, 0) is 61.4 Å². The third-order valence-electron chi connectivity index (χ3n) is 5.58. The molecule has 0 aliphatic carbocycles. The number of nitrogens with one attached hydrogen (secondary N) is 1. The predicted molar refractivity (Wildman–Crippen MR) is 115 cm³/mol. The molecule has 0 spiro atoms. The van der Waals surface area contributed by atoms with E-state index in [0.29, 0.717) is 24.3 Å². The zero-order valence-corrected chi connectivity index (χ0v) is 16.8. The van der Waals surface area contributed by atoms with Gasteiger partial charge in [-0.15, -0.1) is 0 Å². The molecular formula is C24H21N3O4. The normalized spacial score (nSPS) is 14.6. The first-order valence-electron chi connectivity index (χ1n) is 10.3. The largest absolute Gasteiger partial charge is 0.459 e. The number of hydrogen-bond acceptors (Lipinski definition) is 5. The van der Waals surface area contributed by atoms with Crippen molar-refractivity contribution in [2.45, 2.75) is 18.8 Å². The summed E-state index contributed by atoms with van der Waals surface area (Å²) in [6.07, 6.45) is 3.08. The number of fused-ring (bicyclic) bond motifs is 1. The maximum Gasteiger partial charge on any atom is 0.291 e. The van der Waals surface area contributed by atoms with Gasteiger partial charge in [0.05, 0.1) is 6.26 Å². The lowest BCUT2D eigenvalue weighted by Crippen LogP contribution is -2.38. The fourth-order valence-electron chi connectivity index (χ4n) is 3.87. The van der Waals surface area contributed by atoms with E-state index in [1.54, 1.807) is 36.4 Å². The van der Waals surface area contributed by atoms with Crippen molar-refractivity contribution in [1.29, 1.82) is 0 Å². The summed E-state index contributed by atoms with van der Waals surface area (Å²) in [7, 11) is 0. The summed E-state index contributed by atoms with van der Waals surface area (Å²) in [5.74, 6) is 0.868. The van der Waals surface area contributed by atoms with E-state index >= 15 is 0 Å². The second-order valence-electron chi connectivity index (χ2n) is 7.60. The van der Waals surface area contributed by atoms with Gasteiger partial charge in [-0.1, -0.05) is 12.1 Å². The van der Waals surface area contributed by atoms with Crippen LogP contribution < -0.4 is 5.32 Å². The lowest BCUT2D eigenvalue weighted by atomic mass is 9.96. The first-order chi connectivity index (χ1) is 15.2. The number of likely N-dealkylation sites (tertiary alicyclic amines) is 1. The number of amides is 2. The number of benzene rings is 2. The fraction of sp³-hybridized carbons (Fsp3) is 0.208. The molecule has 7 nitrogen and oxygen atoms in total. The van der Waals surface area contributed by atoms with Crippen molar-refractivity contribution in [1.82, 2.24) is 9.88 Å². The van der Waals surface area contributed by atoms with Crippen LogP contribution in [-0.4, -0.2) is 34.8 Å². The van der Waals surface area contributed by atoms with Gasteiger partial charge in [0.25, 0.3) is 11.8 Å². The Morgan fingerprint density at radius 1 is 0.968 bits per heavy atom. The SMILES string of the molecule is O=C(Nc1ccc(C(=O)N2CCC(c3nc4ccccc4o3)CC2)cc1)c1ccco1. The highest BCUT2D eigenvalue weighted by Gasteiger charge is 2.27. The molecule has 0 bridgehead atoms.